The molecule has 1 N–H and O–H groups in total. The van der Waals surface area contributed by atoms with E-state index in [1.807, 2.05) is 13.1 Å². The molecule has 1 aromatic carbocycles. The first kappa shape index (κ1) is 28.0. The molecule has 11 nitrogen and oxygen atoms in total. The summed E-state index contributed by atoms with van der Waals surface area (Å²) in [5, 5.41) is 7.41. The zero-order valence-electron chi connectivity index (χ0n) is 23.4. The Labute approximate surface area is 234 Å². The van der Waals surface area contributed by atoms with E-state index in [4.69, 9.17) is 4.42 Å². The van der Waals surface area contributed by atoms with Crippen LogP contribution in [0.25, 0.3) is 11.3 Å². The average Bonchev–Trinajstić information content (AvgIpc) is 3.51. The van der Waals surface area contributed by atoms with E-state index in [1.54, 1.807) is 48.8 Å². The molecule has 0 saturated carbocycles. The number of fused-ring (bicyclic) bond motifs is 1. The zero-order chi connectivity index (χ0) is 28.6. The van der Waals surface area contributed by atoms with Gasteiger partial charge in [-0.05, 0) is 50.7 Å². The van der Waals surface area contributed by atoms with Gasteiger partial charge in [0, 0.05) is 69.9 Å². The van der Waals surface area contributed by atoms with Crippen LogP contribution in [0.2, 0.25) is 0 Å². The van der Waals surface area contributed by atoms with E-state index in [0.29, 0.717) is 54.3 Å². The Morgan fingerprint density at radius 3 is 2.60 bits per heavy atom. The molecular weight excluding hydrogens is 532 g/mol. The summed E-state index contributed by atoms with van der Waals surface area (Å²) >= 11 is 0. The Bertz CT molecular complexity index is 1540. The summed E-state index contributed by atoms with van der Waals surface area (Å²) in [7, 11) is -0.275. The number of oxazole rings is 1. The minimum absolute atomic E-state index is 0.0329. The maximum absolute atomic E-state index is 14.0. The van der Waals surface area contributed by atoms with Crippen LogP contribution in [-0.4, -0.2) is 76.9 Å². The van der Waals surface area contributed by atoms with E-state index < -0.39 is 10.0 Å². The number of amides is 2. The summed E-state index contributed by atoms with van der Waals surface area (Å²) in [6.45, 7) is 4.18. The molecule has 12 heteroatoms. The van der Waals surface area contributed by atoms with Gasteiger partial charge in [0.15, 0.2) is 17.3 Å². The van der Waals surface area contributed by atoms with Crippen molar-refractivity contribution in [2.75, 3.05) is 26.7 Å². The van der Waals surface area contributed by atoms with Crippen molar-refractivity contribution in [2.24, 2.45) is 7.05 Å². The van der Waals surface area contributed by atoms with Crippen molar-refractivity contribution < 1.29 is 22.4 Å². The number of hydrogen-bond acceptors (Lipinski definition) is 7. The largest absolute Gasteiger partial charge is 0.441 e. The Balaban J connectivity index is 1.42. The first-order valence-electron chi connectivity index (χ1n) is 13.7. The highest BCUT2D eigenvalue weighted by Crippen LogP contribution is 2.29. The zero-order valence-corrected chi connectivity index (χ0v) is 24.3. The van der Waals surface area contributed by atoms with Gasteiger partial charge in [0.05, 0.1) is 11.1 Å². The Morgan fingerprint density at radius 2 is 1.85 bits per heavy atom. The monoisotopic (exact) mass is 568 g/mol. The molecule has 3 aromatic rings. The standard InChI is InChI=1S/C28H36N6O5S/c1-18-8-9-20(24-17-30-19(2)39-24)15-25(18)40(37,38)34-13-5-7-26(35)32(3)21-10-11-23-22(16-21)27(31-33(23)4)28(36)29-12-6-14-34/h8-9,15,17,21H,5-7,10-14,16H2,1-4H3,(H,29,36). The van der Waals surface area contributed by atoms with E-state index in [9.17, 15) is 18.0 Å². The van der Waals surface area contributed by atoms with Crippen LogP contribution in [0.1, 0.15) is 58.9 Å². The molecule has 1 unspecified atom stereocenters. The van der Waals surface area contributed by atoms with Crippen LogP contribution in [0.5, 0.6) is 0 Å². The molecule has 214 valence electrons. The molecule has 0 radical (unpaired) electrons. The second-order valence-corrected chi connectivity index (χ2v) is 12.5. The average molecular weight is 569 g/mol. The molecule has 1 atom stereocenters. The number of rotatable bonds is 3. The van der Waals surface area contributed by atoms with Crippen LogP contribution in [0.15, 0.2) is 33.7 Å². The van der Waals surface area contributed by atoms with E-state index in [0.717, 1.165) is 24.1 Å². The molecule has 2 aromatic heterocycles. The number of nitrogens with zero attached hydrogens (tertiary/aromatic N) is 5. The van der Waals surface area contributed by atoms with Gasteiger partial charge in [0.25, 0.3) is 5.91 Å². The van der Waals surface area contributed by atoms with Gasteiger partial charge in [0.1, 0.15) is 0 Å². The van der Waals surface area contributed by atoms with Gasteiger partial charge in [0.2, 0.25) is 15.9 Å². The predicted molar refractivity (Wildman–Crippen MR) is 148 cm³/mol. The lowest BCUT2D eigenvalue weighted by atomic mass is 9.90. The van der Waals surface area contributed by atoms with Crippen LogP contribution in [0, 0.1) is 13.8 Å². The molecule has 2 aliphatic rings. The van der Waals surface area contributed by atoms with Crippen molar-refractivity contribution >= 4 is 21.8 Å². The molecule has 2 amide bonds. The third kappa shape index (κ3) is 5.42. The lowest BCUT2D eigenvalue weighted by Gasteiger charge is -2.32. The molecule has 2 bridgehead atoms. The number of nitrogens with one attached hydrogen (secondary N) is 1. The van der Waals surface area contributed by atoms with Crippen molar-refractivity contribution in [3.05, 3.63) is 52.8 Å². The first-order valence-corrected chi connectivity index (χ1v) is 15.1. The highest BCUT2D eigenvalue weighted by Gasteiger charge is 2.32. The third-order valence-corrected chi connectivity index (χ3v) is 10.0. The second kappa shape index (κ2) is 11.2. The van der Waals surface area contributed by atoms with Gasteiger partial charge in [-0.3, -0.25) is 14.3 Å². The van der Waals surface area contributed by atoms with Gasteiger partial charge in [-0.1, -0.05) is 12.1 Å². The van der Waals surface area contributed by atoms with E-state index in [1.165, 1.54) is 4.31 Å². The number of carbonyl (C=O) groups is 2. The van der Waals surface area contributed by atoms with Crippen LogP contribution in [-0.2, 0) is 34.7 Å². The topological polar surface area (TPSA) is 131 Å². The Kier molecular flexibility index (Phi) is 7.83. The van der Waals surface area contributed by atoms with Crippen LogP contribution in [0.4, 0.5) is 0 Å². The number of aryl methyl sites for hydroxylation is 3. The number of aromatic nitrogens is 3. The molecule has 0 spiro atoms. The minimum Gasteiger partial charge on any atom is -0.441 e. The van der Waals surface area contributed by atoms with Crippen molar-refractivity contribution in [2.45, 2.75) is 63.3 Å². The maximum Gasteiger partial charge on any atom is 0.272 e. The summed E-state index contributed by atoms with van der Waals surface area (Å²) in [6.07, 6.45) is 4.73. The molecule has 5 rings (SSSR count). The molecule has 0 fully saturated rings. The predicted octanol–water partition coefficient (Wildman–Crippen LogP) is 2.61. The number of sulfonamides is 1. The van der Waals surface area contributed by atoms with Crippen molar-refractivity contribution in [1.82, 2.24) is 29.3 Å². The minimum atomic E-state index is -3.91. The quantitative estimate of drug-likeness (QED) is 0.514. The van der Waals surface area contributed by atoms with Crippen LogP contribution >= 0.6 is 0 Å². The molecule has 3 heterocycles. The van der Waals surface area contributed by atoms with Crippen LogP contribution in [0.3, 0.4) is 0 Å². The number of likely N-dealkylation sites (N-methyl/N-ethyl adjacent to an activating group) is 1. The lowest BCUT2D eigenvalue weighted by Crippen LogP contribution is -2.41. The number of benzene rings is 1. The molecule has 1 aliphatic carbocycles. The van der Waals surface area contributed by atoms with Crippen molar-refractivity contribution in [3.63, 3.8) is 0 Å². The summed E-state index contributed by atoms with van der Waals surface area (Å²) in [6, 6.07) is 5.14. The summed E-state index contributed by atoms with van der Waals surface area (Å²) in [5.41, 5.74) is 3.54. The maximum atomic E-state index is 14.0. The third-order valence-electron chi connectivity index (χ3n) is 7.96. The Morgan fingerprint density at radius 1 is 1.07 bits per heavy atom. The molecule has 0 saturated heterocycles. The van der Waals surface area contributed by atoms with E-state index >= 15 is 0 Å². The first-order chi connectivity index (χ1) is 19.1. The Hall–Kier alpha value is -3.51. The van der Waals surface area contributed by atoms with Gasteiger partial charge >= 0.3 is 0 Å². The fraction of sp³-hybridized carbons (Fsp3) is 0.500. The van der Waals surface area contributed by atoms with Crippen LogP contribution < -0.4 is 5.32 Å². The normalized spacial score (nSPS) is 19.7. The van der Waals surface area contributed by atoms with Gasteiger partial charge < -0.3 is 14.6 Å². The van der Waals surface area contributed by atoms with Gasteiger partial charge in [-0.25, -0.2) is 13.4 Å². The number of carbonyl (C=O) groups excluding carboxylic acids is 2. The highest BCUT2D eigenvalue weighted by atomic mass is 32.2. The summed E-state index contributed by atoms with van der Waals surface area (Å²) in [4.78, 5) is 32.3. The fourth-order valence-corrected chi connectivity index (χ4v) is 7.40. The molecule has 40 heavy (non-hydrogen) atoms. The SMILES string of the molecule is Cc1ncc(-c2ccc(C)c(S(=O)(=O)N3CCCNC(=O)c4nn(C)c5c4CC(CC5)N(C)C(=O)CCC3)c2)o1. The smallest absolute Gasteiger partial charge is 0.272 e. The highest BCUT2D eigenvalue weighted by molar-refractivity contribution is 7.89. The van der Waals surface area contributed by atoms with Gasteiger partial charge in [-0.15, -0.1) is 0 Å². The molecular formula is C28H36N6O5S. The second-order valence-electron chi connectivity index (χ2n) is 10.6. The fourth-order valence-electron chi connectivity index (χ4n) is 5.63. The lowest BCUT2D eigenvalue weighted by molar-refractivity contribution is -0.132. The van der Waals surface area contributed by atoms with Crippen molar-refractivity contribution in [1.29, 1.82) is 0 Å². The molecule has 1 aliphatic heterocycles. The summed E-state index contributed by atoms with van der Waals surface area (Å²) in [5.74, 6) is 0.677. The van der Waals surface area contributed by atoms with Crippen molar-refractivity contribution in [3.8, 4) is 11.3 Å². The number of hydrogen-bond donors (Lipinski definition) is 1. The summed E-state index contributed by atoms with van der Waals surface area (Å²) < 4.78 is 36.7. The van der Waals surface area contributed by atoms with Gasteiger partial charge in [-0.2, -0.15) is 9.40 Å². The van der Waals surface area contributed by atoms with E-state index in [2.05, 4.69) is 15.4 Å². The van der Waals surface area contributed by atoms with E-state index in [-0.39, 0.29) is 42.3 Å².